The van der Waals surface area contributed by atoms with E-state index < -0.39 is 11.9 Å². The lowest BCUT2D eigenvalue weighted by Crippen LogP contribution is -2.42. The second-order valence-corrected chi connectivity index (χ2v) is 5.99. The first-order valence-corrected chi connectivity index (χ1v) is 7.83. The van der Waals surface area contributed by atoms with E-state index in [0.29, 0.717) is 24.0 Å². The number of ether oxygens (including phenoxy) is 1. The van der Waals surface area contributed by atoms with Crippen LogP contribution in [0.3, 0.4) is 0 Å². The topological polar surface area (TPSA) is 73.5 Å². The van der Waals surface area contributed by atoms with E-state index in [9.17, 15) is 19.1 Å². The Bertz CT molecular complexity index is 841. The Labute approximate surface area is 137 Å². The SMILES string of the molecule is Cc1cn([C@H]2CC[C@@H](CO)O2)c(=O)n(Cc2ccc(F)cc2)c1=O. The van der Waals surface area contributed by atoms with Gasteiger partial charge in [0.15, 0.2) is 0 Å². The molecule has 1 fully saturated rings. The molecule has 2 aromatic rings. The summed E-state index contributed by atoms with van der Waals surface area (Å²) >= 11 is 0. The summed E-state index contributed by atoms with van der Waals surface area (Å²) in [4.78, 5) is 25.0. The van der Waals surface area contributed by atoms with Crippen LogP contribution < -0.4 is 11.2 Å². The van der Waals surface area contributed by atoms with Crippen LogP contribution in [-0.4, -0.2) is 27.0 Å². The predicted molar refractivity (Wildman–Crippen MR) is 85.4 cm³/mol. The van der Waals surface area contributed by atoms with E-state index in [1.54, 1.807) is 19.1 Å². The molecule has 24 heavy (non-hydrogen) atoms. The maximum Gasteiger partial charge on any atom is 0.333 e. The highest BCUT2D eigenvalue weighted by atomic mass is 19.1. The molecule has 0 unspecified atom stereocenters. The van der Waals surface area contributed by atoms with Crippen molar-refractivity contribution in [1.82, 2.24) is 9.13 Å². The van der Waals surface area contributed by atoms with Crippen LogP contribution in [0.15, 0.2) is 40.1 Å². The van der Waals surface area contributed by atoms with Gasteiger partial charge in [-0.1, -0.05) is 12.1 Å². The Kier molecular flexibility index (Phi) is 4.64. The second-order valence-electron chi connectivity index (χ2n) is 5.99. The molecule has 1 aromatic heterocycles. The number of aliphatic hydroxyl groups excluding tert-OH is 1. The lowest BCUT2D eigenvalue weighted by atomic mass is 10.2. The van der Waals surface area contributed by atoms with Crippen LogP contribution in [0.5, 0.6) is 0 Å². The van der Waals surface area contributed by atoms with Crippen LogP contribution in [0, 0.1) is 12.7 Å². The molecule has 3 rings (SSSR count). The van der Waals surface area contributed by atoms with Gasteiger partial charge in [-0.25, -0.2) is 9.18 Å². The largest absolute Gasteiger partial charge is 0.394 e. The van der Waals surface area contributed by atoms with Crippen LogP contribution in [0.2, 0.25) is 0 Å². The molecule has 0 bridgehead atoms. The van der Waals surface area contributed by atoms with E-state index in [-0.39, 0.29) is 30.6 Å². The van der Waals surface area contributed by atoms with Gasteiger partial charge in [-0.05, 0) is 37.5 Å². The van der Waals surface area contributed by atoms with E-state index in [4.69, 9.17) is 4.74 Å². The van der Waals surface area contributed by atoms with E-state index in [2.05, 4.69) is 0 Å². The quantitative estimate of drug-likeness (QED) is 0.911. The first kappa shape index (κ1) is 16.6. The van der Waals surface area contributed by atoms with Gasteiger partial charge in [0.05, 0.1) is 19.3 Å². The van der Waals surface area contributed by atoms with Crippen molar-refractivity contribution >= 4 is 0 Å². The van der Waals surface area contributed by atoms with Gasteiger partial charge in [0, 0.05) is 11.8 Å². The molecule has 0 radical (unpaired) electrons. The Balaban J connectivity index is 1.98. The fraction of sp³-hybridized carbons (Fsp3) is 0.412. The molecule has 1 saturated heterocycles. The Morgan fingerprint density at radius 2 is 1.96 bits per heavy atom. The van der Waals surface area contributed by atoms with Gasteiger partial charge >= 0.3 is 5.69 Å². The second kappa shape index (κ2) is 6.70. The lowest BCUT2D eigenvalue weighted by Gasteiger charge is -2.17. The molecule has 0 saturated carbocycles. The average molecular weight is 334 g/mol. The van der Waals surface area contributed by atoms with Crippen LogP contribution in [0.4, 0.5) is 4.39 Å². The standard InChI is InChI=1S/C17H19FN2O4/c1-11-8-19(15-7-6-14(10-21)24-15)17(23)20(16(11)22)9-12-2-4-13(18)5-3-12/h2-5,8,14-15,21H,6-7,9-10H2,1H3/t14-,15+/m0/s1. The van der Waals surface area contributed by atoms with Crippen LogP contribution in [-0.2, 0) is 11.3 Å². The molecular weight excluding hydrogens is 315 g/mol. The maximum atomic E-state index is 13.0. The normalized spacial score (nSPS) is 20.5. The third kappa shape index (κ3) is 3.18. The minimum absolute atomic E-state index is 0.0653. The molecule has 0 spiro atoms. The molecular formula is C17H19FN2O4. The summed E-state index contributed by atoms with van der Waals surface area (Å²) in [5.41, 5.74) is 0.233. The predicted octanol–water partition coefficient (Wildman–Crippen LogP) is 1.18. The van der Waals surface area contributed by atoms with Crippen molar-refractivity contribution in [2.24, 2.45) is 0 Å². The molecule has 6 nitrogen and oxygen atoms in total. The van der Waals surface area contributed by atoms with Crippen molar-refractivity contribution in [2.45, 2.75) is 38.6 Å². The lowest BCUT2D eigenvalue weighted by molar-refractivity contribution is -0.0253. The molecule has 0 amide bonds. The summed E-state index contributed by atoms with van der Waals surface area (Å²) in [5.74, 6) is -0.373. The van der Waals surface area contributed by atoms with Gasteiger partial charge in [0.2, 0.25) is 0 Å². The summed E-state index contributed by atoms with van der Waals surface area (Å²) in [5, 5.41) is 9.17. The zero-order valence-corrected chi connectivity index (χ0v) is 13.3. The third-order valence-corrected chi connectivity index (χ3v) is 4.22. The van der Waals surface area contributed by atoms with Crippen molar-refractivity contribution in [3.8, 4) is 0 Å². The molecule has 1 N–H and O–H groups in total. The monoisotopic (exact) mass is 334 g/mol. The molecule has 128 valence electrons. The van der Waals surface area contributed by atoms with Crippen LogP contribution >= 0.6 is 0 Å². The van der Waals surface area contributed by atoms with E-state index in [0.717, 1.165) is 4.57 Å². The number of hydrogen-bond acceptors (Lipinski definition) is 4. The van der Waals surface area contributed by atoms with E-state index >= 15 is 0 Å². The average Bonchev–Trinajstić information content (AvgIpc) is 3.05. The maximum absolute atomic E-state index is 13.0. The van der Waals surface area contributed by atoms with Crippen molar-refractivity contribution in [3.63, 3.8) is 0 Å². The summed E-state index contributed by atoms with van der Waals surface area (Å²) in [6, 6.07) is 5.67. The molecule has 2 heterocycles. The Hall–Kier alpha value is -2.25. The van der Waals surface area contributed by atoms with Crippen LogP contribution in [0.1, 0.15) is 30.2 Å². The highest BCUT2D eigenvalue weighted by Gasteiger charge is 2.27. The van der Waals surface area contributed by atoms with Crippen molar-refractivity contribution in [1.29, 1.82) is 0 Å². The van der Waals surface area contributed by atoms with Gasteiger partial charge in [0.1, 0.15) is 12.0 Å². The molecule has 1 aliphatic rings. The van der Waals surface area contributed by atoms with E-state index in [1.807, 2.05) is 0 Å². The number of hydrogen-bond donors (Lipinski definition) is 1. The first-order chi connectivity index (χ1) is 11.5. The first-order valence-electron chi connectivity index (χ1n) is 7.83. The van der Waals surface area contributed by atoms with Crippen LogP contribution in [0.25, 0.3) is 0 Å². The molecule has 7 heteroatoms. The molecule has 2 atom stereocenters. The number of nitrogens with zero attached hydrogens (tertiary/aromatic N) is 2. The number of aromatic nitrogens is 2. The Morgan fingerprint density at radius 1 is 1.25 bits per heavy atom. The highest BCUT2D eigenvalue weighted by molar-refractivity contribution is 5.17. The van der Waals surface area contributed by atoms with Gasteiger partial charge in [0.25, 0.3) is 5.56 Å². The Morgan fingerprint density at radius 3 is 2.58 bits per heavy atom. The van der Waals surface area contributed by atoms with Crippen molar-refractivity contribution in [3.05, 3.63) is 68.2 Å². The summed E-state index contributed by atoms with van der Waals surface area (Å²) in [7, 11) is 0. The van der Waals surface area contributed by atoms with Crippen molar-refractivity contribution < 1.29 is 14.2 Å². The van der Waals surface area contributed by atoms with E-state index in [1.165, 1.54) is 22.9 Å². The molecule has 0 aliphatic carbocycles. The van der Waals surface area contributed by atoms with Gasteiger partial charge < -0.3 is 9.84 Å². The molecule has 1 aliphatic heterocycles. The number of benzene rings is 1. The van der Waals surface area contributed by atoms with Gasteiger partial charge in [-0.2, -0.15) is 0 Å². The zero-order valence-electron chi connectivity index (χ0n) is 13.3. The van der Waals surface area contributed by atoms with Gasteiger partial charge in [-0.15, -0.1) is 0 Å². The minimum Gasteiger partial charge on any atom is -0.394 e. The molecule has 1 aromatic carbocycles. The summed E-state index contributed by atoms with van der Waals surface area (Å²) < 4.78 is 21.2. The summed E-state index contributed by atoms with van der Waals surface area (Å²) in [6.45, 7) is 1.60. The van der Waals surface area contributed by atoms with Gasteiger partial charge in [-0.3, -0.25) is 13.9 Å². The fourth-order valence-corrected chi connectivity index (χ4v) is 2.90. The number of aliphatic hydroxyl groups is 1. The van der Waals surface area contributed by atoms with Crippen molar-refractivity contribution in [2.75, 3.05) is 6.61 Å². The third-order valence-electron chi connectivity index (χ3n) is 4.22. The smallest absolute Gasteiger partial charge is 0.333 e. The number of halogens is 1. The summed E-state index contributed by atoms with van der Waals surface area (Å²) in [6.07, 6.45) is 1.97. The minimum atomic E-state index is -0.492. The number of rotatable bonds is 4. The zero-order chi connectivity index (χ0) is 17.3. The number of aryl methyl sites for hydroxylation is 1. The fourth-order valence-electron chi connectivity index (χ4n) is 2.90. The highest BCUT2D eigenvalue weighted by Crippen LogP contribution is 2.26.